The molecule has 0 radical (unpaired) electrons. The summed E-state index contributed by atoms with van der Waals surface area (Å²) in [5.74, 6) is 0. The Bertz CT molecular complexity index is 552. The predicted octanol–water partition coefficient (Wildman–Crippen LogP) is 3.99. The van der Waals surface area contributed by atoms with E-state index >= 15 is 0 Å². The van der Waals surface area contributed by atoms with Crippen LogP contribution in [0.5, 0.6) is 0 Å². The highest BCUT2D eigenvalue weighted by atomic mass is 35.5. The van der Waals surface area contributed by atoms with Crippen molar-refractivity contribution in [3.05, 3.63) is 58.4 Å². The number of hydrogen-bond donors (Lipinski definition) is 0. The van der Waals surface area contributed by atoms with Gasteiger partial charge in [-0.1, -0.05) is 29.3 Å². The zero-order chi connectivity index (χ0) is 13.1. The average Bonchev–Trinajstić information content (AvgIpc) is 2.28. The second kappa shape index (κ2) is 5.40. The molecule has 0 N–H and O–H groups in total. The highest BCUT2D eigenvalue weighted by molar-refractivity contribution is 6.29. The Balaban J connectivity index is 2.19. The third kappa shape index (κ3) is 3.02. The van der Waals surface area contributed by atoms with Gasteiger partial charge in [0.05, 0.1) is 0 Å². The maximum absolute atomic E-state index is 5.90. The second-order valence-electron chi connectivity index (χ2n) is 4.63. The first-order valence-corrected chi connectivity index (χ1v) is 6.33. The van der Waals surface area contributed by atoms with E-state index in [4.69, 9.17) is 11.6 Å². The molecule has 3 heteroatoms. The van der Waals surface area contributed by atoms with Crippen LogP contribution in [0.1, 0.15) is 16.7 Å². The molecule has 1 heterocycles. The molecule has 18 heavy (non-hydrogen) atoms. The SMILES string of the molecule is Cc1ccc(N(C)Cc2ccnc(Cl)c2)c(C)c1. The predicted molar refractivity (Wildman–Crippen MR) is 77.3 cm³/mol. The van der Waals surface area contributed by atoms with Crippen LogP contribution >= 0.6 is 11.6 Å². The van der Waals surface area contributed by atoms with Crippen LogP contribution < -0.4 is 4.90 Å². The van der Waals surface area contributed by atoms with Crippen molar-refractivity contribution in [1.82, 2.24) is 4.98 Å². The van der Waals surface area contributed by atoms with Gasteiger partial charge in [0.2, 0.25) is 0 Å². The van der Waals surface area contributed by atoms with Gasteiger partial charge in [-0.15, -0.1) is 0 Å². The van der Waals surface area contributed by atoms with Crippen LogP contribution in [0.4, 0.5) is 5.69 Å². The number of hydrogen-bond acceptors (Lipinski definition) is 2. The minimum atomic E-state index is 0.543. The van der Waals surface area contributed by atoms with Gasteiger partial charge in [0.15, 0.2) is 0 Å². The molecule has 0 unspecified atom stereocenters. The summed E-state index contributed by atoms with van der Waals surface area (Å²) < 4.78 is 0. The molecule has 0 amide bonds. The monoisotopic (exact) mass is 260 g/mol. The van der Waals surface area contributed by atoms with E-state index < -0.39 is 0 Å². The van der Waals surface area contributed by atoms with Gasteiger partial charge >= 0.3 is 0 Å². The summed E-state index contributed by atoms with van der Waals surface area (Å²) in [6.07, 6.45) is 1.74. The molecule has 1 aromatic heterocycles. The fourth-order valence-corrected chi connectivity index (χ4v) is 2.33. The van der Waals surface area contributed by atoms with Crippen molar-refractivity contribution in [3.8, 4) is 0 Å². The fourth-order valence-electron chi connectivity index (χ4n) is 2.13. The lowest BCUT2D eigenvalue weighted by atomic mass is 10.1. The van der Waals surface area contributed by atoms with Crippen LogP contribution in [0.3, 0.4) is 0 Å². The van der Waals surface area contributed by atoms with E-state index in [1.54, 1.807) is 6.20 Å². The number of anilines is 1. The minimum Gasteiger partial charge on any atom is -0.370 e. The summed E-state index contributed by atoms with van der Waals surface area (Å²) >= 11 is 5.90. The fraction of sp³-hybridized carbons (Fsp3) is 0.267. The summed E-state index contributed by atoms with van der Waals surface area (Å²) in [5.41, 5.74) is 4.99. The molecule has 2 nitrogen and oxygen atoms in total. The average molecular weight is 261 g/mol. The van der Waals surface area contributed by atoms with E-state index in [2.05, 4.69) is 49.0 Å². The molecule has 0 fully saturated rings. The molecule has 2 aromatic rings. The van der Waals surface area contributed by atoms with Crippen molar-refractivity contribution in [2.24, 2.45) is 0 Å². The molecule has 0 aliphatic carbocycles. The Morgan fingerprint density at radius 3 is 2.61 bits per heavy atom. The van der Waals surface area contributed by atoms with Gasteiger partial charge in [0.25, 0.3) is 0 Å². The number of aromatic nitrogens is 1. The van der Waals surface area contributed by atoms with Crippen LogP contribution in [-0.4, -0.2) is 12.0 Å². The Labute approximate surface area is 113 Å². The molecule has 94 valence electrons. The first-order valence-electron chi connectivity index (χ1n) is 5.95. The van der Waals surface area contributed by atoms with E-state index in [9.17, 15) is 0 Å². The highest BCUT2D eigenvalue weighted by Gasteiger charge is 2.06. The topological polar surface area (TPSA) is 16.1 Å². The zero-order valence-corrected chi connectivity index (χ0v) is 11.7. The first-order chi connectivity index (χ1) is 8.56. The van der Waals surface area contributed by atoms with Gasteiger partial charge in [0, 0.05) is 25.5 Å². The van der Waals surface area contributed by atoms with E-state index in [0.717, 1.165) is 12.1 Å². The Morgan fingerprint density at radius 1 is 1.17 bits per heavy atom. The van der Waals surface area contributed by atoms with Crippen molar-refractivity contribution in [2.45, 2.75) is 20.4 Å². The molecular weight excluding hydrogens is 244 g/mol. The van der Waals surface area contributed by atoms with Gasteiger partial charge in [-0.25, -0.2) is 4.98 Å². The Hall–Kier alpha value is -1.54. The Kier molecular flexibility index (Phi) is 3.87. The molecule has 0 spiro atoms. The van der Waals surface area contributed by atoms with Gasteiger partial charge in [-0.3, -0.25) is 0 Å². The van der Waals surface area contributed by atoms with Crippen LogP contribution in [0, 0.1) is 13.8 Å². The normalized spacial score (nSPS) is 10.4. The van der Waals surface area contributed by atoms with E-state index in [0.29, 0.717) is 5.15 Å². The quantitative estimate of drug-likeness (QED) is 0.776. The van der Waals surface area contributed by atoms with Crippen molar-refractivity contribution in [2.75, 3.05) is 11.9 Å². The van der Waals surface area contributed by atoms with Gasteiger partial charge in [-0.2, -0.15) is 0 Å². The van der Waals surface area contributed by atoms with Crippen LogP contribution in [-0.2, 0) is 6.54 Å². The molecule has 2 rings (SSSR count). The molecule has 0 aliphatic rings. The molecule has 0 saturated carbocycles. The van der Waals surface area contributed by atoms with Crippen LogP contribution in [0.15, 0.2) is 36.5 Å². The lowest BCUT2D eigenvalue weighted by molar-refractivity contribution is 0.913. The van der Waals surface area contributed by atoms with E-state index in [-0.39, 0.29) is 0 Å². The summed E-state index contributed by atoms with van der Waals surface area (Å²) in [6.45, 7) is 5.07. The molecule has 0 bridgehead atoms. The molecule has 0 aliphatic heterocycles. The van der Waals surface area contributed by atoms with Crippen molar-refractivity contribution >= 4 is 17.3 Å². The second-order valence-corrected chi connectivity index (χ2v) is 5.02. The number of rotatable bonds is 3. The van der Waals surface area contributed by atoms with E-state index in [1.807, 2.05) is 12.1 Å². The number of pyridine rings is 1. The van der Waals surface area contributed by atoms with Gasteiger partial charge in [0.1, 0.15) is 5.15 Å². The van der Waals surface area contributed by atoms with Crippen molar-refractivity contribution in [1.29, 1.82) is 0 Å². The van der Waals surface area contributed by atoms with Crippen LogP contribution in [0.25, 0.3) is 0 Å². The number of aryl methyl sites for hydroxylation is 2. The standard InChI is InChI=1S/C15H17ClN2/c1-11-4-5-14(12(2)8-11)18(3)10-13-6-7-17-15(16)9-13/h4-9H,10H2,1-3H3. The maximum atomic E-state index is 5.90. The number of benzene rings is 1. The highest BCUT2D eigenvalue weighted by Crippen LogP contribution is 2.22. The molecule has 0 atom stereocenters. The molecule has 1 aromatic carbocycles. The summed E-state index contributed by atoms with van der Waals surface area (Å²) in [6, 6.07) is 10.4. The largest absolute Gasteiger partial charge is 0.370 e. The number of nitrogens with zero attached hydrogens (tertiary/aromatic N) is 2. The summed E-state index contributed by atoms with van der Waals surface area (Å²) in [7, 11) is 2.09. The summed E-state index contributed by atoms with van der Waals surface area (Å²) in [4.78, 5) is 6.22. The third-order valence-electron chi connectivity index (χ3n) is 2.97. The smallest absolute Gasteiger partial charge is 0.129 e. The van der Waals surface area contributed by atoms with Crippen LogP contribution in [0.2, 0.25) is 5.15 Å². The lowest BCUT2D eigenvalue weighted by Crippen LogP contribution is -2.17. The van der Waals surface area contributed by atoms with Crippen molar-refractivity contribution < 1.29 is 0 Å². The van der Waals surface area contributed by atoms with Crippen molar-refractivity contribution in [3.63, 3.8) is 0 Å². The molecule has 0 saturated heterocycles. The minimum absolute atomic E-state index is 0.543. The first kappa shape index (κ1) is 12.9. The van der Waals surface area contributed by atoms with E-state index in [1.165, 1.54) is 16.8 Å². The Morgan fingerprint density at radius 2 is 1.94 bits per heavy atom. The molecular formula is C15H17ClN2. The van der Waals surface area contributed by atoms with Gasteiger partial charge in [-0.05, 0) is 43.2 Å². The van der Waals surface area contributed by atoms with Gasteiger partial charge < -0.3 is 4.90 Å². The zero-order valence-electron chi connectivity index (χ0n) is 10.9. The third-order valence-corrected chi connectivity index (χ3v) is 3.18. The maximum Gasteiger partial charge on any atom is 0.129 e. The summed E-state index contributed by atoms with van der Waals surface area (Å²) in [5, 5.41) is 0.543. The lowest BCUT2D eigenvalue weighted by Gasteiger charge is -2.22. The number of halogens is 1.